The van der Waals surface area contributed by atoms with Crippen LogP contribution in [0.2, 0.25) is 0 Å². The zero-order chi connectivity index (χ0) is 20.3. The number of halogens is 1. The number of hydrogen-bond acceptors (Lipinski definition) is 3. The second-order valence-electron chi connectivity index (χ2n) is 7.00. The first-order chi connectivity index (χ1) is 13.4. The van der Waals surface area contributed by atoms with Crippen molar-refractivity contribution in [2.45, 2.75) is 26.2 Å². The normalized spacial score (nSPS) is 12.8. The van der Waals surface area contributed by atoms with Gasteiger partial charge in [-0.3, -0.25) is 4.79 Å². The van der Waals surface area contributed by atoms with Gasteiger partial charge in [-0.15, -0.1) is 0 Å². The minimum absolute atomic E-state index is 0.0375. The van der Waals surface area contributed by atoms with Gasteiger partial charge in [-0.1, -0.05) is 57.5 Å². The Morgan fingerprint density at radius 3 is 2.39 bits per heavy atom. The van der Waals surface area contributed by atoms with Crippen LogP contribution in [0, 0.1) is 13.8 Å². The van der Waals surface area contributed by atoms with Gasteiger partial charge in [0.1, 0.15) is 0 Å². The average Bonchev–Trinajstić information content (AvgIpc) is 2.69. The summed E-state index contributed by atoms with van der Waals surface area (Å²) < 4.78 is 2.51. The van der Waals surface area contributed by atoms with Crippen LogP contribution >= 0.6 is 15.9 Å². The molecule has 144 valence electrons. The lowest BCUT2D eigenvalue weighted by Gasteiger charge is -2.21. The molecule has 1 aromatic heterocycles. The van der Waals surface area contributed by atoms with Crippen LogP contribution in [0.5, 0.6) is 0 Å². The van der Waals surface area contributed by atoms with Crippen LogP contribution in [0.3, 0.4) is 0 Å². The maximum Gasteiger partial charge on any atom is 0.259 e. The fraction of sp³-hybridized carbons (Fsp3) is 0.217. The molecule has 0 aliphatic rings. The van der Waals surface area contributed by atoms with Crippen molar-refractivity contribution in [1.82, 2.24) is 4.57 Å². The molecule has 1 heterocycles. The fourth-order valence-electron chi connectivity index (χ4n) is 3.54. The molecule has 1 N–H and O–H groups in total. The highest BCUT2D eigenvalue weighted by Crippen LogP contribution is 2.32. The zero-order valence-electron chi connectivity index (χ0n) is 16.2. The van der Waals surface area contributed by atoms with Crippen molar-refractivity contribution in [2.24, 2.45) is 12.2 Å². The molecule has 1 unspecified atom stereocenters. The van der Waals surface area contributed by atoms with Gasteiger partial charge in [-0.25, -0.2) is 0 Å². The van der Waals surface area contributed by atoms with Crippen molar-refractivity contribution < 1.29 is 5.21 Å². The molecule has 5 heteroatoms. The van der Waals surface area contributed by atoms with Crippen molar-refractivity contribution in [3.05, 3.63) is 103 Å². The van der Waals surface area contributed by atoms with E-state index in [4.69, 9.17) is 0 Å². The first-order valence-electron chi connectivity index (χ1n) is 9.11. The molecule has 2 aromatic carbocycles. The summed E-state index contributed by atoms with van der Waals surface area (Å²) >= 11 is 3.49. The molecule has 0 fully saturated rings. The number of nitrogens with zero attached hydrogens (tertiary/aromatic N) is 2. The van der Waals surface area contributed by atoms with E-state index in [2.05, 4.69) is 52.3 Å². The van der Waals surface area contributed by atoms with Crippen LogP contribution in [-0.2, 0) is 7.05 Å². The third kappa shape index (κ3) is 4.09. The van der Waals surface area contributed by atoms with Gasteiger partial charge in [0.25, 0.3) is 5.56 Å². The molecule has 3 aromatic rings. The fourth-order valence-corrected chi connectivity index (χ4v) is 3.80. The topological polar surface area (TPSA) is 54.6 Å². The van der Waals surface area contributed by atoms with E-state index in [1.54, 1.807) is 13.2 Å². The Labute approximate surface area is 173 Å². The summed E-state index contributed by atoms with van der Waals surface area (Å²) in [7, 11) is 1.70. The van der Waals surface area contributed by atoms with Gasteiger partial charge in [-0.05, 0) is 54.3 Å². The molecular formula is C23H23BrN2O2. The standard InChI is InChI=1S/C23H23BrN2O2/c1-15-6-4-5-7-19(15)20(17-8-10-18(24)11-9-17)14-21(25-28)22-16(2)12-13-26(3)23(22)27/h4-13,20,28H,14H2,1-3H3. The molecule has 0 saturated carbocycles. The van der Waals surface area contributed by atoms with Crippen LogP contribution < -0.4 is 5.56 Å². The Balaban J connectivity index is 2.12. The maximum absolute atomic E-state index is 12.7. The van der Waals surface area contributed by atoms with Crippen LogP contribution in [0.25, 0.3) is 0 Å². The summed E-state index contributed by atoms with van der Waals surface area (Å²) in [5.41, 5.74) is 4.91. The van der Waals surface area contributed by atoms with E-state index in [0.717, 1.165) is 26.7 Å². The van der Waals surface area contributed by atoms with E-state index in [9.17, 15) is 10.0 Å². The quantitative estimate of drug-likeness (QED) is 0.339. The molecule has 28 heavy (non-hydrogen) atoms. The van der Waals surface area contributed by atoms with Crippen LogP contribution in [-0.4, -0.2) is 15.5 Å². The van der Waals surface area contributed by atoms with Crippen molar-refractivity contribution in [3.8, 4) is 0 Å². The minimum Gasteiger partial charge on any atom is -0.411 e. The summed E-state index contributed by atoms with van der Waals surface area (Å²) in [5.74, 6) is -0.0375. The van der Waals surface area contributed by atoms with Gasteiger partial charge >= 0.3 is 0 Å². The lowest BCUT2D eigenvalue weighted by Crippen LogP contribution is -2.27. The number of hydrogen-bond donors (Lipinski definition) is 1. The van der Waals surface area contributed by atoms with Crippen molar-refractivity contribution in [3.63, 3.8) is 0 Å². The predicted molar refractivity (Wildman–Crippen MR) is 117 cm³/mol. The molecule has 3 rings (SSSR count). The van der Waals surface area contributed by atoms with Gasteiger partial charge in [0.2, 0.25) is 0 Å². The van der Waals surface area contributed by atoms with Crippen molar-refractivity contribution in [1.29, 1.82) is 0 Å². The lowest BCUT2D eigenvalue weighted by molar-refractivity contribution is 0.317. The summed E-state index contributed by atoms with van der Waals surface area (Å²) in [4.78, 5) is 12.7. The lowest BCUT2D eigenvalue weighted by atomic mass is 9.83. The van der Waals surface area contributed by atoms with Gasteiger partial charge in [0.15, 0.2) is 0 Å². The number of rotatable bonds is 5. The number of oxime groups is 1. The summed E-state index contributed by atoms with van der Waals surface area (Å²) in [6.07, 6.45) is 2.15. The molecule has 0 aliphatic carbocycles. The van der Waals surface area contributed by atoms with E-state index >= 15 is 0 Å². The molecule has 0 bridgehead atoms. The Morgan fingerprint density at radius 2 is 1.75 bits per heavy atom. The van der Waals surface area contributed by atoms with Gasteiger partial charge in [0, 0.05) is 30.1 Å². The molecule has 1 atom stereocenters. The Morgan fingerprint density at radius 1 is 1.07 bits per heavy atom. The highest BCUT2D eigenvalue weighted by molar-refractivity contribution is 9.10. The second-order valence-corrected chi connectivity index (χ2v) is 7.92. The molecule has 0 radical (unpaired) electrons. The van der Waals surface area contributed by atoms with E-state index in [1.807, 2.05) is 37.3 Å². The largest absolute Gasteiger partial charge is 0.411 e. The number of aromatic nitrogens is 1. The smallest absolute Gasteiger partial charge is 0.259 e. The zero-order valence-corrected chi connectivity index (χ0v) is 17.8. The third-order valence-electron chi connectivity index (χ3n) is 5.12. The highest BCUT2D eigenvalue weighted by atomic mass is 79.9. The average molecular weight is 439 g/mol. The van der Waals surface area contributed by atoms with E-state index in [0.29, 0.717) is 17.7 Å². The van der Waals surface area contributed by atoms with E-state index in [-0.39, 0.29) is 11.5 Å². The van der Waals surface area contributed by atoms with Crippen molar-refractivity contribution >= 4 is 21.6 Å². The van der Waals surface area contributed by atoms with Gasteiger partial charge in [0.05, 0.1) is 11.3 Å². The molecule has 0 spiro atoms. The van der Waals surface area contributed by atoms with Gasteiger partial charge in [-0.2, -0.15) is 0 Å². The van der Waals surface area contributed by atoms with E-state index in [1.165, 1.54) is 4.57 Å². The highest BCUT2D eigenvalue weighted by Gasteiger charge is 2.23. The molecular weight excluding hydrogens is 416 g/mol. The number of pyridine rings is 1. The molecule has 4 nitrogen and oxygen atoms in total. The monoisotopic (exact) mass is 438 g/mol. The molecule has 0 aliphatic heterocycles. The molecule has 0 amide bonds. The number of aryl methyl sites for hydroxylation is 3. The van der Waals surface area contributed by atoms with Gasteiger partial charge < -0.3 is 9.77 Å². The summed E-state index contributed by atoms with van der Waals surface area (Å²) in [6.45, 7) is 3.94. The predicted octanol–water partition coefficient (Wildman–Crippen LogP) is 5.17. The first-order valence-corrected chi connectivity index (χ1v) is 9.90. The second kappa shape index (κ2) is 8.57. The Bertz CT molecular complexity index is 1070. The first kappa shape index (κ1) is 20.1. The van der Waals surface area contributed by atoms with Crippen LogP contribution in [0.4, 0.5) is 0 Å². The summed E-state index contributed by atoms with van der Waals surface area (Å²) in [6, 6.07) is 18.2. The third-order valence-corrected chi connectivity index (χ3v) is 5.65. The Hall–Kier alpha value is -2.66. The SMILES string of the molecule is Cc1ccccc1C(CC(=NO)c1c(C)ccn(C)c1=O)c1ccc(Br)cc1. The van der Waals surface area contributed by atoms with Crippen LogP contribution in [0.1, 0.15) is 40.2 Å². The Kier molecular flexibility index (Phi) is 6.15. The summed E-state index contributed by atoms with van der Waals surface area (Å²) in [5, 5.41) is 13.4. The van der Waals surface area contributed by atoms with Crippen LogP contribution in [0.15, 0.2) is 75.2 Å². The maximum atomic E-state index is 12.7. The minimum atomic E-state index is -0.160. The van der Waals surface area contributed by atoms with E-state index < -0.39 is 0 Å². The van der Waals surface area contributed by atoms with Crippen molar-refractivity contribution in [2.75, 3.05) is 0 Å². The number of benzene rings is 2. The molecule has 0 saturated heterocycles.